The molecule has 0 unspecified atom stereocenters. The maximum absolute atomic E-state index is 12.1. The van der Waals surface area contributed by atoms with Gasteiger partial charge >= 0.3 is 6.18 Å². The Balaban J connectivity index is 0.00000576. The topological polar surface area (TPSA) is 56.7 Å². The lowest BCUT2D eigenvalue weighted by Crippen LogP contribution is -2.38. The van der Waals surface area contributed by atoms with E-state index >= 15 is 0 Å². The van der Waals surface area contributed by atoms with E-state index in [0.717, 1.165) is 4.88 Å². The fraction of sp³-hybridized carbons (Fsp3) is 0.600. The first kappa shape index (κ1) is 24.0. The summed E-state index contributed by atoms with van der Waals surface area (Å²) >= 11 is 1.58. The lowest BCUT2D eigenvalue weighted by atomic mass is 10.2. The average molecular weight is 492 g/mol. The van der Waals surface area contributed by atoms with Crippen LogP contribution in [-0.4, -0.2) is 50.1 Å². The van der Waals surface area contributed by atoms with Crippen LogP contribution in [0.25, 0.3) is 0 Å². The van der Waals surface area contributed by atoms with Crippen molar-refractivity contribution in [3.8, 4) is 0 Å². The van der Waals surface area contributed by atoms with Gasteiger partial charge in [0.2, 0.25) is 5.91 Å². The Hall–Kier alpha value is -1.04. The van der Waals surface area contributed by atoms with E-state index in [0.29, 0.717) is 25.5 Å². The summed E-state index contributed by atoms with van der Waals surface area (Å²) in [6, 6.07) is 3.89. The highest BCUT2D eigenvalue weighted by molar-refractivity contribution is 14.0. The second kappa shape index (κ2) is 12.3. The van der Waals surface area contributed by atoms with Crippen molar-refractivity contribution in [2.45, 2.75) is 32.0 Å². The monoisotopic (exact) mass is 492 g/mol. The van der Waals surface area contributed by atoms with Gasteiger partial charge < -0.3 is 15.5 Å². The highest BCUT2D eigenvalue weighted by Gasteiger charge is 2.25. The Morgan fingerprint density at radius 1 is 1.28 bits per heavy atom. The summed E-state index contributed by atoms with van der Waals surface area (Å²) in [6.45, 7) is 0.889. The SMILES string of the molecule is CN(C)C(=O)CN=C(NCCCCC(F)(F)F)NCc1cccs1.I. The van der Waals surface area contributed by atoms with Crippen molar-refractivity contribution in [1.29, 1.82) is 0 Å². The van der Waals surface area contributed by atoms with E-state index in [1.807, 2.05) is 17.5 Å². The van der Waals surface area contributed by atoms with Gasteiger partial charge in [0.25, 0.3) is 0 Å². The van der Waals surface area contributed by atoms with Gasteiger partial charge in [0.1, 0.15) is 6.54 Å². The number of hydrogen-bond donors (Lipinski definition) is 2. The number of aliphatic imine (C=N–C) groups is 1. The number of thiophene rings is 1. The maximum atomic E-state index is 12.1. The molecule has 5 nitrogen and oxygen atoms in total. The molecule has 1 amide bonds. The predicted molar refractivity (Wildman–Crippen MR) is 105 cm³/mol. The van der Waals surface area contributed by atoms with E-state index in [9.17, 15) is 18.0 Å². The number of nitrogens with zero attached hydrogens (tertiary/aromatic N) is 2. The van der Waals surface area contributed by atoms with Gasteiger partial charge in [-0.1, -0.05) is 6.07 Å². The van der Waals surface area contributed by atoms with Crippen molar-refractivity contribution in [2.75, 3.05) is 27.2 Å². The Kier molecular flexibility index (Phi) is 11.8. The van der Waals surface area contributed by atoms with Crippen LogP contribution >= 0.6 is 35.3 Å². The van der Waals surface area contributed by atoms with Gasteiger partial charge in [-0.25, -0.2) is 4.99 Å². The van der Waals surface area contributed by atoms with Crippen LogP contribution in [0.4, 0.5) is 13.2 Å². The number of guanidine groups is 1. The molecule has 0 saturated carbocycles. The number of amides is 1. The molecule has 1 rings (SSSR count). The highest BCUT2D eigenvalue weighted by atomic mass is 127. The first-order valence-electron chi connectivity index (χ1n) is 7.59. The Labute approximate surface area is 167 Å². The first-order valence-corrected chi connectivity index (χ1v) is 8.47. The number of carbonyl (C=O) groups excluding carboxylic acids is 1. The van der Waals surface area contributed by atoms with Crippen molar-refractivity contribution in [1.82, 2.24) is 15.5 Å². The minimum atomic E-state index is -4.12. The average Bonchev–Trinajstić information content (AvgIpc) is 3.00. The van der Waals surface area contributed by atoms with Crippen LogP contribution in [0.1, 0.15) is 24.1 Å². The number of carbonyl (C=O) groups is 1. The molecule has 0 atom stereocenters. The number of halogens is 4. The van der Waals surface area contributed by atoms with Crippen LogP contribution in [0.15, 0.2) is 22.5 Å². The summed E-state index contributed by atoms with van der Waals surface area (Å²) < 4.78 is 36.3. The second-order valence-corrected chi connectivity index (χ2v) is 6.42. The van der Waals surface area contributed by atoms with Crippen molar-refractivity contribution in [2.24, 2.45) is 4.99 Å². The van der Waals surface area contributed by atoms with E-state index in [-0.39, 0.29) is 42.8 Å². The molecule has 0 spiro atoms. The number of rotatable bonds is 8. The quantitative estimate of drug-likeness (QED) is 0.254. The fourth-order valence-electron chi connectivity index (χ4n) is 1.70. The van der Waals surface area contributed by atoms with Gasteiger partial charge in [-0.05, 0) is 24.3 Å². The number of nitrogens with one attached hydrogen (secondary N) is 2. The maximum Gasteiger partial charge on any atom is 0.389 e. The summed E-state index contributed by atoms with van der Waals surface area (Å²) in [4.78, 5) is 18.3. The van der Waals surface area contributed by atoms with Crippen LogP contribution < -0.4 is 10.6 Å². The van der Waals surface area contributed by atoms with Crippen molar-refractivity contribution < 1.29 is 18.0 Å². The standard InChI is InChI=1S/C15H23F3N4OS.HI/c1-22(2)13(23)11-21-14(20-10-12-6-5-9-24-12)19-8-4-3-7-15(16,17)18;/h5-6,9H,3-4,7-8,10-11H2,1-2H3,(H2,19,20,21);1H. The van der Waals surface area contributed by atoms with Crippen LogP contribution in [0.3, 0.4) is 0 Å². The van der Waals surface area contributed by atoms with E-state index in [1.165, 1.54) is 4.90 Å². The zero-order chi connectivity index (χ0) is 18.0. The largest absolute Gasteiger partial charge is 0.389 e. The number of hydrogen-bond acceptors (Lipinski definition) is 3. The van der Waals surface area contributed by atoms with E-state index in [2.05, 4.69) is 15.6 Å². The molecule has 25 heavy (non-hydrogen) atoms. The van der Waals surface area contributed by atoms with E-state index in [1.54, 1.807) is 25.4 Å². The smallest absolute Gasteiger partial charge is 0.356 e. The van der Waals surface area contributed by atoms with Gasteiger partial charge in [-0.3, -0.25) is 4.79 Å². The molecule has 1 aromatic heterocycles. The molecule has 0 aromatic carbocycles. The minimum Gasteiger partial charge on any atom is -0.356 e. The fourth-order valence-corrected chi connectivity index (χ4v) is 2.35. The zero-order valence-corrected chi connectivity index (χ0v) is 17.4. The minimum absolute atomic E-state index is 0. The molecule has 0 fully saturated rings. The van der Waals surface area contributed by atoms with Crippen LogP contribution in [0.2, 0.25) is 0 Å². The zero-order valence-electron chi connectivity index (χ0n) is 14.2. The second-order valence-electron chi connectivity index (χ2n) is 5.38. The molecular formula is C15H24F3IN4OS. The summed E-state index contributed by atoms with van der Waals surface area (Å²) in [5.74, 6) is 0.273. The molecule has 2 N–H and O–H groups in total. The summed E-state index contributed by atoms with van der Waals surface area (Å²) in [6.07, 6.45) is -4.47. The first-order chi connectivity index (χ1) is 11.3. The summed E-state index contributed by atoms with van der Waals surface area (Å²) in [5.41, 5.74) is 0. The van der Waals surface area contributed by atoms with E-state index in [4.69, 9.17) is 0 Å². The molecule has 1 aromatic rings. The van der Waals surface area contributed by atoms with Crippen molar-refractivity contribution >= 4 is 47.2 Å². The number of likely N-dealkylation sites (N-methyl/N-ethyl adjacent to an activating group) is 1. The molecule has 0 radical (unpaired) electrons. The third-order valence-corrected chi connectivity index (χ3v) is 3.94. The molecule has 10 heteroatoms. The Bertz CT molecular complexity index is 521. The molecule has 144 valence electrons. The van der Waals surface area contributed by atoms with Gasteiger partial charge in [0.05, 0.1) is 6.54 Å². The van der Waals surface area contributed by atoms with Gasteiger partial charge in [0.15, 0.2) is 5.96 Å². The van der Waals surface area contributed by atoms with Crippen molar-refractivity contribution in [3.05, 3.63) is 22.4 Å². The molecule has 0 aliphatic rings. The van der Waals surface area contributed by atoms with Crippen LogP contribution in [0, 0.1) is 0 Å². The molecule has 0 bridgehead atoms. The van der Waals surface area contributed by atoms with Crippen LogP contribution in [-0.2, 0) is 11.3 Å². The highest BCUT2D eigenvalue weighted by Crippen LogP contribution is 2.21. The van der Waals surface area contributed by atoms with Gasteiger partial charge in [-0.15, -0.1) is 35.3 Å². The van der Waals surface area contributed by atoms with Crippen LogP contribution in [0.5, 0.6) is 0 Å². The van der Waals surface area contributed by atoms with Gasteiger partial charge in [0, 0.05) is 31.9 Å². The Morgan fingerprint density at radius 2 is 2.00 bits per heavy atom. The molecular weight excluding hydrogens is 468 g/mol. The third kappa shape index (κ3) is 12.0. The molecule has 0 saturated heterocycles. The predicted octanol–water partition coefficient (Wildman–Crippen LogP) is 3.22. The van der Waals surface area contributed by atoms with Gasteiger partial charge in [-0.2, -0.15) is 13.2 Å². The lowest BCUT2D eigenvalue weighted by Gasteiger charge is -2.13. The summed E-state index contributed by atoms with van der Waals surface area (Å²) in [7, 11) is 3.28. The summed E-state index contributed by atoms with van der Waals surface area (Å²) in [5, 5.41) is 8.00. The third-order valence-electron chi connectivity index (χ3n) is 3.06. The van der Waals surface area contributed by atoms with Crippen molar-refractivity contribution in [3.63, 3.8) is 0 Å². The lowest BCUT2D eigenvalue weighted by molar-refractivity contribution is -0.135. The molecule has 0 aliphatic heterocycles. The van der Waals surface area contributed by atoms with E-state index < -0.39 is 12.6 Å². The molecule has 0 aliphatic carbocycles. The normalized spacial score (nSPS) is 11.6. The Morgan fingerprint density at radius 3 is 2.56 bits per heavy atom. The number of unbranched alkanes of at least 4 members (excludes halogenated alkanes) is 1. The molecule has 1 heterocycles. The number of alkyl halides is 3.